The Morgan fingerprint density at radius 3 is 3.17 bits per heavy atom. The molecule has 0 spiro atoms. The van der Waals surface area contributed by atoms with Gasteiger partial charge in [-0.15, -0.1) is 16.3 Å². The predicted octanol–water partition coefficient (Wildman–Crippen LogP) is 0.538. The summed E-state index contributed by atoms with van der Waals surface area (Å²) >= 11 is 1.27. The average Bonchev–Trinajstić information content (AvgIpc) is 2.37. The minimum absolute atomic E-state index is 0.318. The molecule has 1 amide bonds. The fourth-order valence-electron chi connectivity index (χ4n) is 0.599. The van der Waals surface area contributed by atoms with Gasteiger partial charge in [0.15, 0.2) is 4.80 Å². The normalized spacial score (nSPS) is 11.6. The summed E-state index contributed by atoms with van der Waals surface area (Å²) in [7, 11) is 5.41. The summed E-state index contributed by atoms with van der Waals surface area (Å²) in [5.41, 5.74) is 0. The number of hydrogen-bond acceptors (Lipinski definition) is 3. The molecule has 0 aromatic carbocycles. The van der Waals surface area contributed by atoms with E-state index < -0.39 is 6.09 Å². The molecule has 1 aromatic rings. The van der Waals surface area contributed by atoms with Crippen molar-refractivity contribution in [2.24, 2.45) is 4.99 Å². The first-order chi connectivity index (χ1) is 5.74. The van der Waals surface area contributed by atoms with Crippen LogP contribution in [0.3, 0.4) is 0 Å². The number of nitrogens with zero attached hydrogens (tertiary/aromatic N) is 2. The molecule has 4 nitrogen and oxygen atoms in total. The van der Waals surface area contributed by atoms with Gasteiger partial charge in [-0.25, -0.2) is 4.79 Å². The maximum Gasteiger partial charge on any atom is 0.436 e. The number of hydrogen-bond donors (Lipinski definition) is 0. The molecule has 0 saturated heterocycles. The molecular formula is C6H7BN2O2S. The Labute approximate surface area is 74.9 Å². The van der Waals surface area contributed by atoms with Crippen LogP contribution < -0.4 is 4.80 Å². The van der Waals surface area contributed by atoms with E-state index in [1.54, 1.807) is 18.5 Å². The zero-order chi connectivity index (χ0) is 8.97. The summed E-state index contributed by atoms with van der Waals surface area (Å²) in [5, 5.41) is 1.73. The van der Waals surface area contributed by atoms with Gasteiger partial charge in [0, 0.05) is 11.6 Å². The number of carbonyl (C=O) groups is 1. The lowest BCUT2D eigenvalue weighted by atomic mass is 10.4. The van der Waals surface area contributed by atoms with E-state index >= 15 is 0 Å². The molecule has 62 valence electrons. The molecule has 0 fully saturated rings. The number of carbonyl (C=O) groups excluding carboxylic acids is 1. The number of thiazole rings is 1. The van der Waals surface area contributed by atoms with Crippen molar-refractivity contribution in [1.82, 2.24) is 4.48 Å². The molecule has 0 unspecified atom stereocenters. The molecule has 6 heteroatoms. The molecule has 0 bridgehead atoms. The first-order valence-electron chi connectivity index (χ1n) is 3.36. The van der Waals surface area contributed by atoms with Gasteiger partial charge in [-0.05, 0) is 6.92 Å². The van der Waals surface area contributed by atoms with Crippen molar-refractivity contribution >= 4 is 25.4 Å². The first kappa shape index (κ1) is 9.06. The number of aromatic nitrogens is 1. The molecule has 2 radical (unpaired) electrons. The quantitative estimate of drug-likeness (QED) is 0.594. The summed E-state index contributed by atoms with van der Waals surface area (Å²) in [6.07, 6.45) is 1.00. The van der Waals surface area contributed by atoms with E-state index in [4.69, 9.17) is 7.98 Å². The van der Waals surface area contributed by atoms with Crippen molar-refractivity contribution < 1.29 is 9.53 Å². The lowest BCUT2D eigenvalue weighted by Gasteiger charge is -1.93. The summed E-state index contributed by atoms with van der Waals surface area (Å²) in [4.78, 5) is 14.8. The van der Waals surface area contributed by atoms with E-state index in [0.29, 0.717) is 11.4 Å². The highest BCUT2D eigenvalue weighted by Gasteiger charge is 1.96. The molecule has 12 heavy (non-hydrogen) atoms. The van der Waals surface area contributed by atoms with Crippen molar-refractivity contribution in [2.45, 2.75) is 6.92 Å². The fourth-order valence-corrected chi connectivity index (χ4v) is 1.22. The van der Waals surface area contributed by atoms with Crippen LogP contribution >= 0.6 is 11.3 Å². The second-order valence-electron chi connectivity index (χ2n) is 1.90. The Bertz CT molecular complexity index is 330. The summed E-state index contributed by atoms with van der Waals surface area (Å²) in [6, 6.07) is 0. The Kier molecular flexibility index (Phi) is 3.10. The van der Waals surface area contributed by atoms with Gasteiger partial charge >= 0.3 is 6.09 Å². The Morgan fingerprint density at radius 1 is 1.92 bits per heavy atom. The zero-order valence-electron chi connectivity index (χ0n) is 6.56. The van der Waals surface area contributed by atoms with E-state index in [-0.39, 0.29) is 0 Å². The third-order valence-electron chi connectivity index (χ3n) is 1.07. The fraction of sp³-hybridized carbons (Fsp3) is 0.333. The average molecular weight is 182 g/mol. The van der Waals surface area contributed by atoms with Gasteiger partial charge in [0.05, 0.1) is 6.61 Å². The molecule has 0 aliphatic rings. The maximum absolute atomic E-state index is 10.8. The van der Waals surface area contributed by atoms with E-state index in [2.05, 4.69) is 9.73 Å². The number of ether oxygens (including phenoxy) is 1. The Morgan fingerprint density at radius 2 is 2.67 bits per heavy atom. The lowest BCUT2D eigenvalue weighted by Crippen LogP contribution is -2.14. The second kappa shape index (κ2) is 4.11. The van der Waals surface area contributed by atoms with Crippen LogP contribution in [0, 0.1) is 0 Å². The van der Waals surface area contributed by atoms with Crippen molar-refractivity contribution in [1.29, 1.82) is 0 Å². The molecule has 1 rings (SSSR count). The largest absolute Gasteiger partial charge is 0.448 e. The van der Waals surface area contributed by atoms with Gasteiger partial charge in [-0.1, -0.05) is 0 Å². The molecular weight excluding hydrogens is 175 g/mol. The topological polar surface area (TPSA) is 43.6 Å². The Balaban J connectivity index is 2.83. The number of rotatable bonds is 1. The van der Waals surface area contributed by atoms with Crippen molar-refractivity contribution in [2.75, 3.05) is 6.61 Å². The smallest absolute Gasteiger partial charge is 0.436 e. The zero-order valence-corrected chi connectivity index (χ0v) is 7.37. The molecule has 0 aliphatic heterocycles. The summed E-state index contributed by atoms with van der Waals surface area (Å²) in [5.74, 6) is 0. The molecule has 1 heterocycles. The third-order valence-corrected chi connectivity index (χ3v) is 1.84. The maximum atomic E-state index is 10.8. The van der Waals surface area contributed by atoms with Gasteiger partial charge in [0.2, 0.25) is 7.98 Å². The van der Waals surface area contributed by atoms with Crippen LogP contribution in [0.2, 0.25) is 0 Å². The van der Waals surface area contributed by atoms with Crippen molar-refractivity contribution in [3.05, 3.63) is 16.4 Å². The molecule has 1 aromatic heterocycles. The molecule has 0 atom stereocenters. The van der Waals surface area contributed by atoms with Gasteiger partial charge in [0.25, 0.3) is 0 Å². The van der Waals surface area contributed by atoms with Gasteiger partial charge in [-0.2, -0.15) is 0 Å². The monoisotopic (exact) mass is 182 g/mol. The van der Waals surface area contributed by atoms with E-state index in [1.165, 1.54) is 15.8 Å². The van der Waals surface area contributed by atoms with Crippen LogP contribution in [0.4, 0.5) is 4.79 Å². The minimum Gasteiger partial charge on any atom is -0.448 e. The molecule has 0 aliphatic carbocycles. The van der Waals surface area contributed by atoms with E-state index in [9.17, 15) is 4.79 Å². The Hall–Kier alpha value is -1.04. The van der Waals surface area contributed by atoms with E-state index in [1.807, 2.05) is 0 Å². The highest BCUT2D eigenvalue weighted by atomic mass is 32.1. The van der Waals surface area contributed by atoms with E-state index in [0.717, 1.165) is 0 Å². The predicted molar refractivity (Wildman–Crippen MR) is 46.0 cm³/mol. The van der Waals surface area contributed by atoms with Gasteiger partial charge in [0.1, 0.15) is 0 Å². The summed E-state index contributed by atoms with van der Waals surface area (Å²) < 4.78 is 5.87. The van der Waals surface area contributed by atoms with Crippen LogP contribution in [-0.2, 0) is 4.74 Å². The van der Waals surface area contributed by atoms with Crippen LogP contribution in [0.15, 0.2) is 16.6 Å². The first-order valence-corrected chi connectivity index (χ1v) is 4.24. The summed E-state index contributed by atoms with van der Waals surface area (Å²) in [6.45, 7) is 2.04. The van der Waals surface area contributed by atoms with Crippen molar-refractivity contribution in [3.8, 4) is 0 Å². The van der Waals surface area contributed by atoms with Crippen LogP contribution in [0.5, 0.6) is 0 Å². The third kappa shape index (κ3) is 2.23. The molecule has 0 N–H and O–H groups in total. The molecule has 0 saturated carbocycles. The highest BCUT2D eigenvalue weighted by Crippen LogP contribution is 1.87. The SMILES string of the molecule is [B]n1ccsc1=NC(=O)OCC. The van der Waals surface area contributed by atoms with Gasteiger partial charge in [-0.3, -0.25) is 0 Å². The van der Waals surface area contributed by atoms with Crippen LogP contribution in [-0.4, -0.2) is 25.2 Å². The standard InChI is InChI=1S/C6H7BN2O2S/c1-2-11-6(10)8-5-9(7)3-4-12-5/h3-4H,2H2,1H3. The highest BCUT2D eigenvalue weighted by molar-refractivity contribution is 7.07. The lowest BCUT2D eigenvalue weighted by molar-refractivity contribution is 0.162. The second-order valence-corrected chi connectivity index (χ2v) is 2.78. The van der Waals surface area contributed by atoms with Crippen molar-refractivity contribution in [3.63, 3.8) is 0 Å². The number of amides is 1. The van der Waals surface area contributed by atoms with Gasteiger partial charge < -0.3 is 9.21 Å². The minimum atomic E-state index is -0.612. The van der Waals surface area contributed by atoms with Crippen LogP contribution in [0.25, 0.3) is 0 Å². The van der Waals surface area contributed by atoms with Crippen LogP contribution in [0.1, 0.15) is 6.92 Å².